The van der Waals surface area contributed by atoms with Crippen LogP contribution in [-0.4, -0.2) is 54.5 Å². The van der Waals surface area contributed by atoms with Crippen LogP contribution in [0.1, 0.15) is 13.3 Å². The van der Waals surface area contributed by atoms with Crippen LogP contribution in [0.4, 0.5) is 11.9 Å². The van der Waals surface area contributed by atoms with E-state index in [0.29, 0.717) is 30.8 Å². The summed E-state index contributed by atoms with van der Waals surface area (Å²) >= 11 is 0. The normalized spacial score (nSPS) is 12.2. The Balaban J connectivity index is 2.16. The third-order valence-electron chi connectivity index (χ3n) is 2.32. The molecule has 0 amide bonds. The van der Waals surface area contributed by atoms with Gasteiger partial charge in [-0.1, -0.05) is 0 Å². The molecule has 1 atom stereocenters. The lowest BCUT2D eigenvalue weighted by atomic mass is 10.3. The molecule has 9 heteroatoms. The predicted octanol–water partition coefficient (Wildman–Crippen LogP) is -0.323. The first-order valence-electron chi connectivity index (χ1n) is 5.90. The number of aliphatic hydroxyl groups excluding tert-OH is 1. The summed E-state index contributed by atoms with van der Waals surface area (Å²) in [7, 11) is 1.72. The molecular weight excluding hydrogens is 248 g/mol. The van der Waals surface area contributed by atoms with Crippen LogP contribution in [0.15, 0.2) is 12.7 Å². The number of anilines is 2. The Morgan fingerprint density at radius 1 is 1.32 bits per heavy atom. The summed E-state index contributed by atoms with van der Waals surface area (Å²) in [5.41, 5.74) is 0. The fourth-order valence-electron chi connectivity index (χ4n) is 1.36. The highest BCUT2D eigenvalue weighted by Gasteiger charge is 2.07. The lowest BCUT2D eigenvalue weighted by Crippen LogP contribution is -2.14. The van der Waals surface area contributed by atoms with Crippen LogP contribution in [0.25, 0.3) is 5.95 Å². The number of rotatable bonds is 6. The quantitative estimate of drug-likeness (QED) is 0.650. The molecule has 0 aromatic carbocycles. The second-order valence-corrected chi connectivity index (χ2v) is 3.94. The molecule has 19 heavy (non-hydrogen) atoms. The van der Waals surface area contributed by atoms with Gasteiger partial charge in [0.15, 0.2) is 0 Å². The van der Waals surface area contributed by atoms with Crippen molar-refractivity contribution in [2.24, 2.45) is 0 Å². The molecule has 0 spiro atoms. The van der Waals surface area contributed by atoms with Crippen molar-refractivity contribution in [2.45, 2.75) is 19.4 Å². The van der Waals surface area contributed by atoms with Gasteiger partial charge in [-0.15, -0.1) is 0 Å². The van der Waals surface area contributed by atoms with E-state index in [0.717, 1.165) is 0 Å². The van der Waals surface area contributed by atoms with Crippen LogP contribution in [0, 0.1) is 0 Å². The van der Waals surface area contributed by atoms with Gasteiger partial charge >= 0.3 is 0 Å². The zero-order chi connectivity index (χ0) is 13.7. The summed E-state index contributed by atoms with van der Waals surface area (Å²) in [6.07, 6.45) is 3.16. The monoisotopic (exact) mass is 264 g/mol. The Hall–Kier alpha value is -2.29. The van der Waals surface area contributed by atoms with E-state index in [-0.39, 0.29) is 6.10 Å². The van der Waals surface area contributed by atoms with E-state index >= 15 is 0 Å². The zero-order valence-corrected chi connectivity index (χ0v) is 10.8. The first kappa shape index (κ1) is 13.1. The molecule has 0 aliphatic heterocycles. The minimum absolute atomic E-state index is 0.368. The lowest BCUT2D eigenvalue weighted by Gasteiger charge is -2.09. The third-order valence-corrected chi connectivity index (χ3v) is 2.32. The van der Waals surface area contributed by atoms with Gasteiger partial charge in [0.2, 0.25) is 11.9 Å². The van der Waals surface area contributed by atoms with Crippen molar-refractivity contribution in [2.75, 3.05) is 24.2 Å². The number of aromatic nitrogens is 6. The molecule has 102 valence electrons. The van der Waals surface area contributed by atoms with Gasteiger partial charge in [0.05, 0.1) is 6.10 Å². The van der Waals surface area contributed by atoms with Gasteiger partial charge in [-0.3, -0.25) is 0 Å². The van der Waals surface area contributed by atoms with E-state index in [1.807, 2.05) is 0 Å². The van der Waals surface area contributed by atoms with Crippen LogP contribution in [0.2, 0.25) is 0 Å². The summed E-state index contributed by atoms with van der Waals surface area (Å²) in [4.78, 5) is 16.4. The van der Waals surface area contributed by atoms with E-state index in [2.05, 4.69) is 35.7 Å². The number of hydrogen-bond acceptors (Lipinski definition) is 8. The molecule has 2 aromatic heterocycles. The van der Waals surface area contributed by atoms with Crippen molar-refractivity contribution < 1.29 is 5.11 Å². The fraction of sp³-hybridized carbons (Fsp3) is 0.500. The van der Waals surface area contributed by atoms with Gasteiger partial charge in [-0.25, -0.2) is 4.98 Å². The maximum atomic E-state index is 9.21. The van der Waals surface area contributed by atoms with Crippen LogP contribution in [0.5, 0.6) is 0 Å². The number of nitrogens with one attached hydrogen (secondary N) is 2. The van der Waals surface area contributed by atoms with Gasteiger partial charge in [-0.2, -0.15) is 24.7 Å². The number of hydrogen-bond donors (Lipinski definition) is 3. The minimum atomic E-state index is -0.368. The van der Waals surface area contributed by atoms with Crippen molar-refractivity contribution >= 4 is 11.9 Å². The Morgan fingerprint density at radius 3 is 2.74 bits per heavy atom. The SMILES string of the molecule is CNc1nc(NCCC(C)O)nc(-n2cncn2)n1. The highest BCUT2D eigenvalue weighted by molar-refractivity contribution is 5.37. The topological polar surface area (TPSA) is 114 Å². The smallest absolute Gasteiger partial charge is 0.258 e. The average Bonchev–Trinajstić information content (AvgIpc) is 2.92. The van der Waals surface area contributed by atoms with Gasteiger partial charge in [0.1, 0.15) is 12.7 Å². The Morgan fingerprint density at radius 2 is 2.11 bits per heavy atom. The molecule has 2 heterocycles. The Kier molecular flexibility index (Phi) is 4.18. The maximum Gasteiger partial charge on any atom is 0.258 e. The molecule has 0 saturated heterocycles. The van der Waals surface area contributed by atoms with Crippen molar-refractivity contribution in [3.8, 4) is 5.95 Å². The second kappa shape index (κ2) is 6.05. The first-order valence-corrected chi connectivity index (χ1v) is 5.90. The van der Waals surface area contributed by atoms with Crippen LogP contribution in [0.3, 0.4) is 0 Å². The predicted molar refractivity (Wildman–Crippen MR) is 69.1 cm³/mol. The zero-order valence-electron chi connectivity index (χ0n) is 10.8. The van der Waals surface area contributed by atoms with Gasteiger partial charge < -0.3 is 15.7 Å². The van der Waals surface area contributed by atoms with Crippen molar-refractivity contribution in [3.63, 3.8) is 0 Å². The molecule has 0 radical (unpaired) electrons. The van der Waals surface area contributed by atoms with E-state index in [4.69, 9.17) is 0 Å². The van der Waals surface area contributed by atoms with E-state index in [1.165, 1.54) is 17.3 Å². The molecule has 9 nitrogen and oxygen atoms in total. The number of nitrogens with zero attached hydrogens (tertiary/aromatic N) is 6. The van der Waals surface area contributed by atoms with E-state index < -0.39 is 0 Å². The van der Waals surface area contributed by atoms with Gasteiger partial charge in [0, 0.05) is 13.6 Å². The van der Waals surface area contributed by atoms with E-state index in [9.17, 15) is 5.11 Å². The molecular formula is C10H16N8O. The largest absolute Gasteiger partial charge is 0.393 e. The van der Waals surface area contributed by atoms with Gasteiger partial charge in [0.25, 0.3) is 5.95 Å². The van der Waals surface area contributed by atoms with Crippen LogP contribution < -0.4 is 10.6 Å². The van der Waals surface area contributed by atoms with Crippen LogP contribution >= 0.6 is 0 Å². The molecule has 3 N–H and O–H groups in total. The highest BCUT2D eigenvalue weighted by atomic mass is 16.3. The second-order valence-electron chi connectivity index (χ2n) is 3.94. The molecule has 0 saturated carbocycles. The molecule has 0 bridgehead atoms. The first-order chi connectivity index (χ1) is 9.19. The van der Waals surface area contributed by atoms with Crippen molar-refractivity contribution in [1.29, 1.82) is 0 Å². The lowest BCUT2D eigenvalue weighted by molar-refractivity contribution is 0.188. The molecule has 1 unspecified atom stereocenters. The number of aliphatic hydroxyl groups is 1. The molecule has 0 aliphatic rings. The molecule has 2 rings (SSSR count). The standard InChI is InChI=1S/C10H16N8O/c1-7(19)3-4-13-9-15-8(11-2)16-10(17-9)18-6-12-5-14-18/h5-7,19H,3-4H2,1-2H3,(H2,11,13,15,16,17). The molecule has 0 aliphatic carbocycles. The Labute approximate surface area is 110 Å². The van der Waals surface area contributed by atoms with Gasteiger partial charge in [-0.05, 0) is 13.3 Å². The van der Waals surface area contributed by atoms with Crippen LogP contribution in [-0.2, 0) is 0 Å². The summed E-state index contributed by atoms with van der Waals surface area (Å²) < 4.78 is 1.45. The fourth-order valence-corrected chi connectivity index (χ4v) is 1.36. The Bertz CT molecular complexity index is 512. The van der Waals surface area contributed by atoms with Crippen molar-refractivity contribution in [3.05, 3.63) is 12.7 Å². The maximum absolute atomic E-state index is 9.21. The minimum Gasteiger partial charge on any atom is -0.393 e. The average molecular weight is 264 g/mol. The summed E-state index contributed by atoms with van der Waals surface area (Å²) in [6, 6.07) is 0. The molecule has 2 aromatic rings. The third kappa shape index (κ3) is 3.58. The highest BCUT2D eigenvalue weighted by Crippen LogP contribution is 2.07. The van der Waals surface area contributed by atoms with Crippen molar-refractivity contribution in [1.82, 2.24) is 29.7 Å². The summed E-state index contributed by atoms with van der Waals surface area (Å²) in [5.74, 6) is 1.22. The summed E-state index contributed by atoms with van der Waals surface area (Å²) in [5, 5.41) is 19.1. The summed E-state index contributed by atoms with van der Waals surface area (Å²) in [6.45, 7) is 2.30. The van der Waals surface area contributed by atoms with E-state index in [1.54, 1.807) is 14.0 Å². The molecule has 0 fully saturated rings.